The van der Waals surface area contributed by atoms with Crippen LogP contribution in [-0.2, 0) is 4.79 Å². The Hall–Kier alpha value is -1.71. The predicted molar refractivity (Wildman–Crippen MR) is 73.7 cm³/mol. The molecule has 1 unspecified atom stereocenters. The molecule has 0 spiro atoms. The first-order valence-corrected chi connectivity index (χ1v) is 6.26. The van der Waals surface area contributed by atoms with E-state index in [-0.39, 0.29) is 5.91 Å². The van der Waals surface area contributed by atoms with E-state index in [1.807, 2.05) is 26.8 Å². The molecule has 3 N–H and O–H groups in total. The second kappa shape index (κ2) is 6.28. The van der Waals surface area contributed by atoms with Gasteiger partial charge in [-0.15, -0.1) is 0 Å². The molecule has 0 aliphatic carbocycles. The SMILES string of the molecule is CCCNC(=O)C(C)Oc1cc(N)c(C)cc1C. The Morgan fingerprint density at radius 3 is 2.67 bits per heavy atom. The third-order valence-electron chi connectivity index (χ3n) is 2.79. The van der Waals surface area contributed by atoms with Crippen molar-refractivity contribution >= 4 is 11.6 Å². The third kappa shape index (κ3) is 3.65. The van der Waals surface area contributed by atoms with Crippen molar-refractivity contribution in [2.24, 2.45) is 0 Å². The number of nitrogen functional groups attached to an aromatic ring is 1. The summed E-state index contributed by atoms with van der Waals surface area (Å²) < 4.78 is 5.65. The zero-order valence-electron chi connectivity index (χ0n) is 11.5. The Morgan fingerprint density at radius 2 is 2.06 bits per heavy atom. The average molecular weight is 250 g/mol. The number of rotatable bonds is 5. The van der Waals surface area contributed by atoms with Crippen LogP contribution in [-0.4, -0.2) is 18.6 Å². The van der Waals surface area contributed by atoms with Crippen LogP contribution in [0.2, 0.25) is 0 Å². The van der Waals surface area contributed by atoms with Crippen molar-refractivity contribution in [1.29, 1.82) is 0 Å². The normalized spacial score (nSPS) is 12.0. The van der Waals surface area contributed by atoms with Gasteiger partial charge in [0.2, 0.25) is 0 Å². The molecule has 1 atom stereocenters. The van der Waals surface area contributed by atoms with Crippen molar-refractivity contribution in [1.82, 2.24) is 5.32 Å². The summed E-state index contributed by atoms with van der Waals surface area (Å²) in [5, 5.41) is 2.80. The highest BCUT2D eigenvalue weighted by Gasteiger charge is 2.15. The van der Waals surface area contributed by atoms with Crippen molar-refractivity contribution in [2.75, 3.05) is 12.3 Å². The van der Waals surface area contributed by atoms with Gasteiger partial charge in [0.25, 0.3) is 5.91 Å². The topological polar surface area (TPSA) is 64.3 Å². The van der Waals surface area contributed by atoms with Crippen LogP contribution in [0.4, 0.5) is 5.69 Å². The Morgan fingerprint density at radius 1 is 1.39 bits per heavy atom. The Kier molecular flexibility index (Phi) is 5.01. The van der Waals surface area contributed by atoms with Gasteiger partial charge < -0.3 is 15.8 Å². The summed E-state index contributed by atoms with van der Waals surface area (Å²) in [5.74, 6) is 0.563. The minimum Gasteiger partial charge on any atom is -0.481 e. The first-order valence-electron chi connectivity index (χ1n) is 6.26. The molecule has 4 heteroatoms. The molecule has 0 aromatic heterocycles. The molecule has 0 fully saturated rings. The van der Waals surface area contributed by atoms with Crippen LogP contribution in [0.15, 0.2) is 12.1 Å². The Bertz CT molecular complexity index is 430. The second-order valence-electron chi connectivity index (χ2n) is 4.53. The van der Waals surface area contributed by atoms with Gasteiger partial charge in [0.05, 0.1) is 0 Å². The molecule has 0 saturated carbocycles. The van der Waals surface area contributed by atoms with Gasteiger partial charge in [-0.2, -0.15) is 0 Å². The van der Waals surface area contributed by atoms with E-state index < -0.39 is 6.10 Å². The summed E-state index contributed by atoms with van der Waals surface area (Å²) in [6.07, 6.45) is 0.395. The molecule has 0 radical (unpaired) electrons. The van der Waals surface area contributed by atoms with Crippen molar-refractivity contribution in [3.63, 3.8) is 0 Å². The number of ether oxygens (including phenoxy) is 1. The van der Waals surface area contributed by atoms with Crippen LogP contribution >= 0.6 is 0 Å². The largest absolute Gasteiger partial charge is 0.481 e. The number of nitrogens with two attached hydrogens (primary N) is 1. The van der Waals surface area contributed by atoms with Crippen LogP contribution in [0, 0.1) is 13.8 Å². The second-order valence-corrected chi connectivity index (χ2v) is 4.53. The van der Waals surface area contributed by atoms with Gasteiger partial charge in [0.15, 0.2) is 6.10 Å². The fraction of sp³-hybridized carbons (Fsp3) is 0.500. The van der Waals surface area contributed by atoms with Crippen LogP contribution < -0.4 is 15.8 Å². The fourth-order valence-corrected chi connectivity index (χ4v) is 1.61. The van der Waals surface area contributed by atoms with E-state index in [0.717, 1.165) is 17.5 Å². The Balaban J connectivity index is 2.72. The standard InChI is InChI=1S/C14H22N2O2/c1-5-6-16-14(17)11(4)18-13-8-12(15)9(2)7-10(13)3/h7-8,11H,5-6,15H2,1-4H3,(H,16,17). The van der Waals surface area contributed by atoms with Gasteiger partial charge in [0, 0.05) is 18.3 Å². The van der Waals surface area contributed by atoms with E-state index in [2.05, 4.69) is 5.32 Å². The van der Waals surface area contributed by atoms with Crippen molar-refractivity contribution in [2.45, 2.75) is 40.2 Å². The lowest BCUT2D eigenvalue weighted by molar-refractivity contribution is -0.127. The number of hydrogen-bond donors (Lipinski definition) is 2. The van der Waals surface area contributed by atoms with E-state index in [0.29, 0.717) is 18.0 Å². The first kappa shape index (κ1) is 14.4. The molecular formula is C14H22N2O2. The lowest BCUT2D eigenvalue weighted by atomic mass is 10.1. The highest BCUT2D eigenvalue weighted by Crippen LogP contribution is 2.25. The molecule has 0 heterocycles. The van der Waals surface area contributed by atoms with Gasteiger partial charge in [0.1, 0.15) is 5.75 Å². The number of amides is 1. The molecule has 0 aliphatic heterocycles. The van der Waals surface area contributed by atoms with Crippen LogP contribution in [0.3, 0.4) is 0 Å². The lowest BCUT2D eigenvalue weighted by Crippen LogP contribution is -2.36. The van der Waals surface area contributed by atoms with Gasteiger partial charge in [-0.1, -0.05) is 13.0 Å². The monoisotopic (exact) mass is 250 g/mol. The highest BCUT2D eigenvalue weighted by molar-refractivity contribution is 5.80. The highest BCUT2D eigenvalue weighted by atomic mass is 16.5. The van der Waals surface area contributed by atoms with Crippen molar-refractivity contribution in [3.05, 3.63) is 23.3 Å². The number of carbonyl (C=O) groups is 1. The fourth-order valence-electron chi connectivity index (χ4n) is 1.61. The van der Waals surface area contributed by atoms with Gasteiger partial charge in [-0.05, 0) is 38.3 Å². The van der Waals surface area contributed by atoms with Crippen LogP contribution in [0.25, 0.3) is 0 Å². The first-order chi connectivity index (χ1) is 8.45. The van der Waals surface area contributed by atoms with Gasteiger partial charge >= 0.3 is 0 Å². The maximum Gasteiger partial charge on any atom is 0.260 e. The number of anilines is 1. The Labute approximate surface area is 109 Å². The maximum absolute atomic E-state index is 11.7. The molecule has 0 saturated heterocycles. The third-order valence-corrected chi connectivity index (χ3v) is 2.79. The molecule has 18 heavy (non-hydrogen) atoms. The van der Waals surface area contributed by atoms with E-state index >= 15 is 0 Å². The summed E-state index contributed by atoms with van der Waals surface area (Å²) in [6.45, 7) is 8.31. The minimum atomic E-state index is -0.516. The van der Waals surface area contributed by atoms with Gasteiger partial charge in [-0.3, -0.25) is 4.79 Å². The number of aryl methyl sites for hydroxylation is 2. The summed E-state index contributed by atoms with van der Waals surface area (Å²) >= 11 is 0. The summed E-state index contributed by atoms with van der Waals surface area (Å²) in [6, 6.07) is 3.73. The maximum atomic E-state index is 11.7. The molecule has 100 valence electrons. The zero-order valence-corrected chi connectivity index (χ0v) is 11.5. The summed E-state index contributed by atoms with van der Waals surface area (Å²) in [5.41, 5.74) is 8.52. The molecule has 1 aromatic rings. The lowest BCUT2D eigenvalue weighted by Gasteiger charge is -2.17. The molecule has 0 bridgehead atoms. The molecular weight excluding hydrogens is 228 g/mol. The van der Waals surface area contributed by atoms with Crippen LogP contribution in [0.5, 0.6) is 5.75 Å². The number of benzene rings is 1. The molecule has 1 aromatic carbocycles. The summed E-state index contributed by atoms with van der Waals surface area (Å²) in [7, 11) is 0. The van der Waals surface area contributed by atoms with E-state index in [1.54, 1.807) is 13.0 Å². The van der Waals surface area contributed by atoms with E-state index in [1.165, 1.54) is 0 Å². The molecule has 1 amide bonds. The molecule has 0 aliphatic rings. The van der Waals surface area contributed by atoms with Crippen LogP contribution in [0.1, 0.15) is 31.4 Å². The van der Waals surface area contributed by atoms with E-state index in [4.69, 9.17) is 10.5 Å². The molecule has 4 nitrogen and oxygen atoms in total. The smallest absolute Gasteiger partial charge is 0.260 e. The zero-order chi connectivity index (χ0) is 13.7. The number of hydrogen-bond acceptors (Lipinski definition) is 3. The summed E-state index contributed by atoms with van der Waals surface area (Å²) in [4.78, 5) is 11.7. The quantitative estimate of drug-likeness (QED) is 0.787. The van der Waals surface area contributed by atoms with Crippen molar-refractivity contribution < 1.29 is 9.53 Å². The van der Waals surface area contributed by atoms with E-state index in [9.17, 15) is 4.79 Å². The molecule has 1 rings (SSSR count). The predicted octanol–water partition coefficient (Wildman–Crippen LogP) is 2.18. The average Bonchev–Trinajstić information content (AvgIpc) is 2.32. The number of nitrogens with one attached hydrogen (secondary N) is 1. The van der Waals surface area contributed by atoms with Crippen molar-refractivity contribution in [3.8, 4) is 5.75 Å². The van der Waals surface area contributed by atoms with Gasteiger partial charge in [-0.25, -0.2) is 0 Å². The minimum absolute atomic E-state index is 0.101. The number of carbonyl (C=O) groups excluding carboxylic acids is 1.